The van der Waals surface area contributed by atoms with Crippen molar-refractivity contribution < 1.29 is 22.3 Å². The molecule has 3 fully saturated rings. The first-order valence-electron chi connectivity index (χ1n) is 16.1. The van der Waals surface area contributed by atoms with E-state index in [1.165, 1.54) is 12.1 Å². The average molecular weight is 657 g/mol. The Hall–Kier alpha value is -4.29. The summed E-state index contributed by atoms with van der Waals surface area (Å²) in [6, 6.07) is 14.2. The van der Waals surface area contributed by atoms with Crippen molar-refractivity contribution in [3.8, 4) is 28.5 Å². The van der Waals surface area contributed by atoms with Gasteiger partial charge in [-0.3, -0.25) is 4.79 Å². The monoisotopic (exact) mass is 656 g/mol. The molecule has 2 saturated carbocycles. The van der Waals surface area contributed by atoms with E-state index in [0.717, 1.165) is 66.6 Å². The Balaban J connectivity index is 1.21. The van der Waals surface area contributed by atoms with Crippen molar-refractivity contribution in [2.45, 2.75) is 50.1 Å². The summed E-state index contributed by atoms with van der Waals surface area (Å²) in [4.78, 5) is 25.7. The summed E-state index contributed by atoms with van der Waals surface area (Å²) in [5, 5.41) is 0.925. The van der Waals surface area contributed by atoms with Crippen molar-refractivity contribution in [1.82, 2.24) is 24.0 Å². The molecule has 47 heavy (non-hydrogen) atoms. The highest BCUT2D eigenvalue weighted by molar-refractivity contribution is 7.89. The zero-order valence-corrected chi connectivity index (χ0v) is 27.4. The molecule has 244 valence electrons. The van der Waals surface area contributed by atoms with Crippen molar-refractivity contribution in [2.75, 3.05) is 19.9 Å². The van der Waals surface area contributed by atoms with Crippen LogP contribution in [0.1, 0.15) is 41.6 Å². The number of imidazole rings is 1. The molecule has 2 N–H and O–H groups in total. The molecule has 2 aliphatic carbocycles. The standard InChI is InChI=1S/C35H37FN6O4S/c1-40-32-27(13-24(15-30(32)46-2)35(43)42-17-22-9-11-28(42)31(22)37)39-34(40)29-14-21-8-10-26(38-33(21)41(29)16-19-4-5-19)20-6-7-23(25(36)12-20)18-47(3,44)45/h6-8,10,12-15,19,22,28,31H,4-5,9,11,16-18,37H2,1-3H3/t22?,28?,31-/m1/s1. The number of hydrogen-bond donors (Lipinski definition) is 1. The summed E-state index contributed by atoms with van der Waals surface area (Å²) in [6.07, 6.45) is 5.37. The second kappa shape index (κ2) is 10.9. The average Bonchev–Trinajstić information content (AvgIpc) is 3.44. The number of sulfone groups is 1. The molecule has 3 atom stereocenters. The number of nitrogens with two attached hydrogens (primary N) is 1. The molecular formula is C35H37FN6O4S. The number of likely N-dealkylation sites (tertiary alicyclic amines) is 1. The largest absolute Gasteiger partial charge is 0.494 e. The first kappa shape index (κ1) is 30.1. The fraction of sp³-hybridized carbons (Fsp3) is 0.400. The molecule has 0 spiro atoms. The first-order valence-corrected chi connectivity index (χ1v) is 18.1. The van der Waals surface area contributed by atoms with Crippen LogP contribution in [0.2, 0.25) is 0 Å². The maximum Gasteiger partial charge on any atom is 0.254 e. The summed E-state index contributed by atoms with van der Waals surface area (Å²) in [5.41, 5.74) is 11.4. The summed E-state index contributed by atoms with van der Waals surface area (Å²) in [7, 11) is 0.185. The Bertz CT molecular complexity index is 2200. The summed E-state index contributed by atoms with van der Waals surface area (Å²) < 4.78 is 48.4. The fourth-order valence-corrected chi connectivity index (χ4v) is 8.39. The number of amides is 1. The van der Waals surface area contributed by atoms with E-state index in [-0.39, 0.29) is 29.3 Å². The Morgan fingerprint density at radius 2 is 1.87 bits per heavy atom. The molecule has 10 nitrogen and oxygen atoms in total. The number of halogens is 1. The number of nitrogens with zero attached hydrogens (tertiary/aromatic N) is 5. The van der Waals surface area contributed by atoms with Crippen LogP contribution in [0, 0.1) is 17.7 Å². The van der Waals surface area contributed by atoms with Crippen LogP contribution in [0.4, 0.5) is 4.39 Å². The van der Waals surface area contributed by atoms with Gasteiger partial charge in [-0.15, -0.1) is 0 Å². The summed E-state index contributed by atoms with van der Waals surface area (Å²) in [5.74, 6) is 1.21. The molecule has 2 bridgehead atoms. The highest BCUT2D eigenvalue weighted by Gasteiger charge is 2.47. The van der Waals surface area contributed by atoms with Crippen LogP contribution in [0.25, 0.3) is 44.8 Å². The molecule has 8 rings (SSSR count). The minimum Gasteiger partial charge on any atom is -0.494 e. The van der Waals surface area contributed by atoms with Crippen LogP contribution in [0.15, 0.2) is 48.5 Å². The predicted molar refractivity (Wildman–Crippen MR) is 178 cm³/mol. The normalized spacial score (nSPS) is 21.0. The van der Waals surface area contributed by atoms with Gasteiger partial charge in [-0.25, -0.2) is 22.8 Å². The van der Waals surface area contributed by atoms with Crippen LogP contribution >= 0.6 is 0 Å². The molecule has 5 aromatic rings. The number of methoxy groups -OCH3 is 1. The maximum atomic E-state index is 14.9. The highest BCUT2D eigenvalue weighted by Crippen LogP contribution is 2.40. The van der Waals surface area contributed by atoms with Crippen LogP contribution in [0.3, 0.4) is 0 Å². The van der Waals surface area contributed by atoms with E-state index in [4.69, 9.17) is 20.4 Å². The molecule has 2 aromatic carbocycles. The van der Waals surface area contributed by atoms with Crippen LogP contribution < -0.4 is 10.5 Å². The van der Waals surface area contributed by atoms with E-state index in [0.29, 0.717) is 46.5 Å². The Labute approximate surface area is 272 Å². The predicted octanol–water partition coefficient (Wildman–Crippen LogP) is 4.92. The number of pyridine rings is 1. The lowest BCUT2D eigenvalue weighted by Gasteiger charge is -2.27. The molecule has 3 aromatic heterocycles. The number of benzene rings is 2. The molecule has 2 unspecified atom stereocenters. The van der Waals surface area contributed by atoms with E-state index >= 15 is 0 Å². The van der Waals surface area contributed by atoms with E-state index in [2.05, 4.69) is 10.6 Å². The van der Waals surface area contributed by atoms with Gasteiger partial charge in [0.15, 0.2) is 15.7 Å². The third kappa shape index (κ3) is 5.18. The SMILES string of the molecule is COc1cc(C(=O)N2CC3CCC2[C@@H]3N)cc2nc(-c3cc4ccc(-c5ccc(CS(C)(=O)=O)c(F)c5)nc4n3CC3CC3)n(C)c12. The minimum atomic E-state index is -3.37. The van der Waals surface area contributed by atoms with Crippen LogP contribution in [0.5, 0.6) is 5.75 Å². The lowest BCUT2D eigenvalue weighted by Crippen LogP contribution is -2.41. The fourth-order valence-electron chi connectivity index (χ4n) is 7.59. The van der Waals surface area contributed by atoms with Gasteiger partial charge in [0, 0.05) is 60.6 Å². The van der Waals surface area contributed by atoms with Gasteiger partial charge in [0.1, 0.15) is 22.7 Å². The maximum absolute atomic E-state index is 14.9. The molecule has 1 aliphatic heterocycles. The molecule has 1 saturated heterocycles. The Morgan fingerprint density at radius 3 is 2.53 bits per heavy atom. The lowest BCUT2D eigenvalue weighted by atomic mass is 10.1. The molecule has 0 radical (unpaired) electrons. The van der Waals surface area contributed by atoms with E-state index in [9.17, 15) is 17.6 Å². The highest BCUT2D eigenvalue weighted by atomic mass is 32.2. The summed E-state index contributed by atoms with van der Waals surface area (Å²) >= 11 is 0. The van der Waals surface area contributed by atoms with E-state index in [1.54, 1.807) is 13.2 Å². The molecule has 3 aliphatic rings. The number of hydrogen-bond acceptors (Lipinski definition) is 7. The quantitative estimate of drug-likeness (QED) is 0.251. The van der Waals surface area contributed by atoms with Crippen molar-refractivity contribution in [3.63, 3.8) is 0 Å². The smallest absolute Gasteiger partial charge is 0.254 e. The Kier molecular flexibility index (Phi) is 6.96. The second-order valence-electron chi connectivity index (χ2n) is 13.5. The summed E-state index contributed by atoms with van der Waals surface area (Å²) in [6.45, 7) is 1.45. The molecular weight excluding hydrogens is 619 g/mol. The number of carbonyl (C=O) groups excluding carboxylic acids is 1. The molecule has 1 amide bonds. The number of fused-ring (bicyclic) bond motifs is 4. The second-order valence-corrected chi connectivity index (χ2v) is 15.7. The topological polar surface area (TPSA) is 125 Å². The van der Waals surface area contributed by atoms with Gasteiger partial charge < -0.3 is 24.5 Å². The number of aryl methyl sites for hydroxylation is 1. The van der Waals surface area contributed by atoms with Gasteiger partial charge in [-0.1, -0.05) is 12.1 Å². The van der Waals surface area contributed by atoms with Gasteiger partial charge in [0.2, 0.25) is 0 Å². The first-order chi connectivity index (χ1) is 22.5. The minimum absolute atomic E-state index is 0.0341. The van der Waals surface area contributed by atoms with Crippen molar-refractivity contribution in [2.24, 2.45) is 24.6 Å². The number of piperidine rings is 1. The number of ether oxygens (including phenoxy) is 1. The third-order valence-corrected chi connectivity index (χ3v) is 11.0. The Morgan fingerprint density at radius 1 is 1.06 bits per heavy atom. The molecule has 12 heteroatoms. The van der Waals surface area contributed by atoms with Gasteiger partial charge in [-0.05, 0) is 73.9 Å². The van der Waals surface area contributed by atoms with E-state index in [1.807, 2.05) is 40.8 Å². The zero-order valence-electron chi connectivity index (χ0n) is 26.6. The van der Waals surface area contributed by atoms with Gasteiger partial charge >= 0.3 is 0 Å². The van der Waals surface area contributed by atoms with Gasteiger partial charge in [0.05, 0.1) is 29.8 Å². The third-order valence-electron chi connectivity index (χ3n) is 10.2. The van der Waals surface area contributed by atoms with Gasteiger partial charge in [0.25, 0.3) is 5.91 Å². The number of carbonyl (C=O) groups is 1. The lowest BCUT2D eigenvalue weighted by molar-refractivity contribution is 0.0700. The zero-order chi connectivity index (χ0) is 32.8. The number of aromatic nitrogens is 4. The number of rotatable bonds is 8. The van der Waals surface area contributed by atoms with E-state index < -0.39 is 15.7 Å². The van der Waals surface area contributed by atoms with Crippen LogP contribution in [-0.2, 0) is 29.2 Å². The van der Waals surface area contributed by atoms with Gasteiger partial charge in [-0.2, -0.15) is 0 Å². The van der Waals surface area contributed by atoms with Crippen molar-refractivity contribution >= 4 is 37.8 Å². The van der Waals surface area contributed by atoms with Crippen LogP contribution in [-0.4, -0.2) is 70.3 Å². The van der Waals surface area contributed by atoms with Crippen molar-refractivity contribution in [1.29, 1.82) is 0 Å². The van der Waals surface area contributed by atoms with Crippen molar-refractivity contribution in [3.05, 3.63) is 65.5 Å². The molecule has 4 heterocycles.